The van der Waals surface area contributed by atoms with Gasteiger partial charge in [0.1, 0.15) is 23.2 Å². The summed E-state index contributed by atoms with van der Waals surface area (Å²) in [6.45, 7) is 0.473. The van der Waals surface area contributed by atoms with Crippen LogP contribution in [0.4, 0.5) is 11.5 Å². The Morgan fingerprint density at radius 3 is 3.00 bits per heavy atom. The van der Waals surface area contributed by atoms with Gasteiger partial charge in [-0.2, -0.15) is 5.10 Å². The fraction of sp³-hybridized carbons (Fsp3) is 0.300. The molecular formula is C20H19ClN6O3. The Labute approximate surface area is 176 Å². The second-order valence-corrected chi connectivity index (χ2v) is 7.90. The van der Waals surface area contributed by atoms with Gasteiger partial charge in [0.15, 0.2) is 0 Å². The number of rotatable bonds is 1. The van der Waals surface area contributed by atoms with E-state index < -0.39 is 11.8 Å². The molecule has 4 heterocycles. The number of amides is 2. The van der Waals surface area contributed by atoms with Crippen LogP contribution in [0.25, 0.3) is 10.9 Å². The van der Waals surface area contributed by atoms with Crippen LogP contribution in [0, 0.1) is 0 Å². The number of fused-ring (bicyclic) bond motifs is 4. The summed E-state index contributed by atoms with van der Waals surface area (Å²) in [4.78, 5) is 31.6. The molecule has 5 rings (SSSR count). The number of anilines is 2. The van der Waals surface area contributed by atoms with E-state index in [2.05, 4.69) is 15.4 Å². The molecule has 1 fully saturated rings. The summed E-state index contributed by atoms with van der Waals surface area (Å²) in [5.74, 6) is -0.399. The first-order valence-corrected chi connectivity index (χ1v) is 9.96. The Kier molecular flexibility index (Phi) is 4.28. The molecule has 2 aliphatic heterocycles. The molecule has 2 aromatic heterocycles. The summed E-state index contributed by atoms with van der Waals surface area (Å²) < 4.78 is 7.57. The maximum absolute atomic E-state index is 13.1. The van der Waals surface area contributed by atoms with Crippen molar-refractivity contribution in [2.24, 2.45) is 7.05 Å². The van der Waals surface area contributed by atoms with Gasteiger partial charge in [0.2, 0.25) is 0 Å². The molecule has 0 spiro atoms. The number of ether oxygens (including phenoxy) is 1. The van der Waals surface area contributed by atoms with Gasteiger partial charge in [-0.3, -0.25) is 14.3 Å². The normalized spacial score (nSPS) is 19.9. The van der Waals surface area contributed by atoms with Gasteiger partial charge >= 0.3 is 11.8 Å². The number of likely N-dealkylation sites (tertiary alicyclic amines) is 1. The standard InChI is InChI=1S/C20H19ClN6O3/c1-26-17-12(8-24-26)13(9-23-18(17)22)25-19(28)20(29)27-6-2-3-14-16(27)11-5-4-10(21)7-15(11)30-14/h4-5,7-9,14,16H,2-3,6H2,1H3,(H2,22,23)(H,25,28)/t14-,16-/m0/s1. The van der Waals surface area contributed by atoms with E-state index in [-0.39, 0.29) is 12.1 Å². The van der Waals surface area contributed by atoms with Crippen LogP contribution in [-0.2, 0) is 16.6 Å². The molecule has 3 aromatic rings. The van der Waals surface area contributed by atoms with E-state index in [4.69, 9.17) is 22.1 Å². The molecule has 2 atom stereocenters. The van der Waals surface area contributed by atoms with Crippen molar-refractivity contribution >= 4 is 45.8 Å². The Morgan fingerprint density at radius 2 is 2.17 bits per heavy atom. The summed E-state index contributed by atoms with van der Waals surface area (Å²) in [6, 6.07) is 5.06. The molecule has 9 nitrogen and oxygen atoms in total. The molecule has 0 bridgehead atoms. The Bertz CT molecular complexity index is 1190. The van der Waals surface area contributed by atoms with Crippen LogP contribution < -0.4 is 15.8 Å². The predicted octanol–water partition coefficient (Wildman–Crippen LogP) is 2.27. The van der Waals surface area contributed by atoms with Crippen molar-refractivity contribution in [3.63, 3.8) is 0 Å². The number of pyridine rings is 1. The molecule has 30 heavy (non-hydrogen) atoms. The first-order chi connectivity index (χ1) is 14.4. The summed E-state index contributed by atoms with van der Waals surface area (Å²) in [5.41, 5.74) is 7.75. The molecule has 0 aliphatic carbocycles. The molecule has 10 heteroatoms. The predicted molar refractivity (Wildman–Crippen MR) is 111 cm³/mol. The third-order valence-corrected chi connectivity index (χ3v) is 5.89. The van der Waals surface area contributed by atoms with Gasteiger partial charge in [-0.05, 0) is 25.0 Å². The fourth-order valence-electron chi connectivity index (χ4n) is 4.31. The number of nitrogens with one attached hydrogen (secondary N) is 1. The second-order valence-electron chi connectivity index (χ2n) is 7.47. The van der Waals surface area contributed by atoms with E-state index in [1.54, 1.807) is 35.0 Å². The lowest BCUT2D eigenvalue weighted by Crippen LogP contribution is -2.48. The number of aromatic nitrogens is 3. The Morgan fingerprint density at radius 1 is 1.33 bits per heavy atom. The topological polar surface area (TPSA) is 115 Å². The highest BCUT2D eigenvalue weighted by Crippen LogP contribution is 2.45. The van der Waals surface area contributed by atoms with Crippen molar-refractivity contribution in [1.82, 2.24) is 19.7 Å². The van der Waals surface area contributed by atoms with Crippen molar-refractivity contribution in [3.8, 4) is 5.75 Å². The molecule has 1 saturated heterocycles. The fourth-order valence-corrected chi connectivity index (χ4v) is 4.47. The molecule has 0 radical (unpaired) electrons. The monoisotopic (exact) mass is 426 g/mol. The summed E-state index contributed by atoms with van der Waals surface area (Å²) >= 11 is 6.07. The van der Waals surface area contributed by atoms with Crippen LogP contribution in [0.15, 0.2) is 30.6 Å². The lowest BCUT2D eigenvalue weighted by atomic mass is 9.94. The highest BCUT2D eigenvalue weighted by Gasteiger charge is 2.44. The summed E-state index contributed by atoms with van der Waals surface area (Å²) in [7, 11) is 1.73. The molecule has 2 amide bonds. The first-order valence-electron chi connectivity index (χ1n) is 9.58. The molecular weight excluding hydrogens is 408 g/mol. The number of nitrogens with zero attached hydrogens (tertiary/aromatic N) is 4. The van der Waals surface area contributed by atoms with Gasteiger partial charge in [-0.1, -0.05) is 17.7 Å². The zero-order valence-corrected chi connectivity index (χ0v) is 16.9. The van der Waals surface area contributed by atoms with Crippen LogP contribution in [0.1, 0.15) is 24.4 Å². The quantitative estimate of drug-likeness (QED) is 0.577. The summed E-state index contributed by atoms with van der Waals surface area (Å²) in [6.07, 6.45) is 4.38. The largest absolute Gasteiger partial charge is 0.487 e. The number of nitrogens with two attached hydrogens (primary N) is 1. The van der Waals surface area contributed by atoms with Gasteiger partial charge in [-0.15, -0.1) is 0 Å². The molecule has 2 aliphatic rings. The van der Waals surface area contributed by atoms with E-state index in [1.165, 1.54) is 6.20 Å². The van der Waals surface area contributed by atoms with Crippen LogP contribution >= 0.6 is 11.6 Å². The van der Waals surface area contributed by atoms with Crippen molar-refractivity contribution in [2.45, 2.75) is 25.0 Å². The number of aryl methyl sites for hydroxylation is 1. The van der Waals surface area contributed by atoms with Gasteiger partial charge in [0.25, 0.3) is 0 Å². The number of nitrogen functional groups attached to an aromatic ring is 1. The van der Waals surface area contributed by atoms with Gasteiger partial charge in [0, 0.05) is 29.6 Å². The highest BCUT2D eigenvalue weighted by molar-refractivity contribution is 6.40. The average Bonchev–Trinajstić information content (AvgIpc) is 3.30. The van der Waals surface area contributed by atoms with Gasteiger partial charge in [0.05, 0.1) is 24.1 Å². The number of benzene rings is 1. The van der Waals surface area contributed by atoms with Crippen LogP contribution in [0.3, 0.4) is 0 Å². The minimum atomic E-state index is -0.741. The van der Waals surface area contributed by atoms with E-state index in [1.807, 2.05) is 6.07 Å². The number of carbonyl (C=O) groups excluding carboxylic acids is 2. The molecule has 0 saturated carbocycles. The third-order valence-electron chi connectivity index (χ3n) is 5.66. The van der Waals surface area contributed by atoms with Crippen LogP contribution in [-0.4, -0.2) is 44.1 Å². The molecule has 1 aromatic carbocycles. The number of hydrogen-bond donors (Lipinski definition) is 2. The van der Waals surface area contributed by atoms with E-state index in [0.717, 1.165) is 18.4 Å². The maximum Gasteiger partial charge on any atom is 0.313 e. The Hall–Kier alpha value is -3.33. The highest BCUT2D eigenvalue weighted by atomic mass is 35.5. The Balaban J connectivity index is 1.42. The lowest BCUT2D eigenvalue weighted by molar-refractivity contribution is -0.147. The zero-order chi connectivity index (χ0) is 21.0. The van der Waals surface area contributed by atoms with Crippen molar-refractivity contribution < 1.29 is 14.3 Å². The zero-order valence-electron chi connectivity index (χ0n) is 16.1. The maximum atomic E-state index is 13.1. The smallest absolute Gasteiger partial charge is 0.313 e. The SMILES string of the molecule is Cn1ncc2c(NC(=O)C(=O)N3CCC[C@@H]4Oc5cc(Cl)ccc5[C@@H]43)cnc(N)c21. The number of halogens is 1. The average molecular weight is 427 g/mol. The third kappa shape index (κ3) is 2.85. The minimum absolute atomic E-state index is 0.188. The summed E-state index contributed by atoms with van der Waals surface area (Å²) in [5, 5.41) is 8.02. The molecule has 0 unspecified atom stereocenters. The van der Waals surface area contributed by atoms with Crippen LogP contribution in [0.2, 0.25) is 5.02 Å². The van der Waals surface area contributed by atoms with Gasteiger partial charge < -0.3 is 20.7 Å². The first kappa shape index (κ1) is 18.7. The van der Waals surface area contributed by atoms with Gasteiger partial charge in [-0.25, -0.2) is 4.98 Å². The molecule has 3 N–H and O–H groups in total. The number of carbonyl (C=O) groups is 2. The minimum Gasteiger partial charge on any atom is -0.487 e. The number of hydrogen-bond acceptors (Lipinski definition) is 6. The van der Waals surface area contributed by atoms with E-state index in [0.29, 0.717) is 39.7 Å². The van der Waals surface area contributed by atoms with Crippen molar-refractivity contribution in [3.05, 3.63) is 41.2 Å². The van der Waals surface area contributed by atoms with Crippen molar-refractivity contribution in [2.75, 3.05) is 17.6 Å². The number of piperidine rings is 1. The van der Waals surface area contributed by atoms with E-state index in [9.17, 15) is 9.59 Å². The van der Waals surface area contributed by atoms with E-state index >= 15 is 0 Å². The lowest BCUT2D eigenvalue weighted by Gasteiger charge is -2.36. The molecule has 154 valence electrons. The van der Waals surface area contributed by atoms with Crippen molar-refractivity contribution in [1.29, 1.82) is 0 Å². The van der Waals surface area contributed by atoms with Crippen LogP contribution in [0.5, 0.6) is 5.75 Å². The second kappa shape index (κ2) is 6.88.